The highest BCUT2D eigenvalue weighted by Crippen LogP contribution is 2.26. The number of nitro groups is 1. The molecule has 0 aliphatic heterocycles. The molecule has 8 heteroatoms. The molecular formula is C15H13N5O3. The molecule has 0 bridgehead atoms. The van der Waals surface area contributed by atoms with Crippen LogP contribution in [0.3, 0.4) is 0 Å². The van der Waals surface area contributed by atoms with E-state index in [1.807, 2.05) is 6.07 Å². The highest BCUT2D eigenvalue weighted by molar-refractivity contribution is 5.87. The first-order chi connectivity index (χ1) is 11.0. The Morgan fingerprint density at radius 3 is 2.52 bits per heavy atom. The smallest absolute Gasteiger partial charge is 0.316 e. The van der Waals surface area contributed by atoms with E-state index in [-0.39, 0.29) is 11.3 Å². The fourth-order valence-corrected chi connectivity index (χ4v) is 1.95. The lowest BCUT2D eigenvalue weighted by molar-refractivity contribution is -0.384. The monoisotopic (exact) mass is 311 g/mol. The molecule has 8 nitrogen and oxygen atoms in total. The highest BCUT2D eigenvalue weighted by Gasteiger charge is 2.14. The maximum Gasteiger partial charge on any atom is 0.316 e. The topological polar surface area (TPSA) is 134 Å². The third-order valence-corrected chi connectivity index (χ3v) is 3.03. The number of benzene rings is 2. The third-order valence-electron chi connectivity index (χ3n) is 3.03. The van der Waals surface area contributed by atoms with Crippen LogP contribution in [-0.2, 0) is 6.54 Å². The van der Waals surface area contributed by atoms with Crippen LogP contribution in [0.25, 0.3) is 0 Å². The average molecular weight is 311 g/mol. The number of anilines is 2. The van der Waals surface area contributed by atoms with Crippen molar-refractivity contribution in [1.29, 1.82) is 5.26 Å². The Morgan fingerprint density at radius 1 is 1.26 bits per heavy atom. The van der Waals surface area contributed by atoms with Crippen LogP contribution < -0.4 is 16.4 Å². The molecule has 0 heterocycles. The number of primary amides is 1. The zero-order valence-corrected chi connectivity index (χ0v) is 11.9. The van der Waals surface area contributed by atoms with E-state index in [0.717, 1.165) is 5.56 Å². The molecule has 0 atom stereocenters. The maximum absolute atomic E-state index is 11.1. The lowest BCUT2D eigenvalue weighted by Gasteiger charge is -2.08. The second kappa shape index (κ2) is 6.91. The standard InChI is InChI=1S/C15H13N5O3/c16-8-11-3-6-13(14(7-11)20(22)23)18-9-10-1-4-12(5-2-10)19-15(17)21/h1-7,18H,9H2,(H3,17,19,21). The molecule has 0 saturated carbocycles. The van der Waals surface area contributed by atoms with Crippen molar-refractivity contribution in [1.82, 2.24) is 0 Å². The fourth-order valence-electron chi connectivity index (χ4n) is 1.95. The quantitative estimate of drug-likeness (QED) is 0.576. The molecule has 2 rings (SSSR count). The summed E-state index contributed by atoms with van der Waals surface area (Å²) in [5.74, 6) is 0. The summed E-state index contributed by atoms with van der Waals surface area (Å²) < 4.78 is 0. The highest BCUT2D eigenvalue weighted by atomic mass is 16.6. The summed E-state index contributed by atoms with van der Waals surface area (Å²) in [7, 11) is 0. The average Bonchev–Trinajstić information content (AvgIpc) is 2.53. The number of rotatable bonds is 5. The molecule has 2 amide bonds. The Hall–Kier alpha value is -3.60. The number of hydrogen-bond donors (Lipinski definition) is 3. The van der Waals surface area contributed by atoms with Crippen molar-refractivity contribution in [2.24, 2.45) is 5.73 Å². The first-order valence-corrected chi connectivity index (χ1v) is 6.57. The Bertz CT molecular complexity index is 781. The van der Waals surface area contributed by atoms with Crippen LogP contribution in [0.15, 0.2) is 42.5 Å². The SMILES string of the molecule is N#Cc1ccc(NCc2ccc(NC(N)=O)cc2)c([N+](=O)[O-])c1. The summed E-state index contributed by atoms with van der Waals surface area (Å²) in [5, 5.41) is 25.3. The van der Waals surface area contributed by atoms with Crippen LogP contribution in [0.5, 0.6) is 0 Å². The van der Waals surface area contributed by atoms with E-state index in [9.17, 15) is 14.9 Å². The minimum absolute atomic E-state index is 0.156. The minimum atomic E-state index is -0.649. The lowest BCUT2D eigenvalue weighted by atomic mass is 10.1. The van der Waals surface area contributed by atoms with Crippen molar-refractivity contribution < 1.29 is 9.72 Å². The van der Waals surface area contributed by atoms with Crippen LogP contribution in [0, 0.1) is 21.4 Å². The summed E-state index contributed by atoms with van der Waals surface area (Å²) in [6, 6.07) is 12.3. The van der Waals surface area contributed by atoms with Gasteiger partial charge in [0.05, 0.1) is 16.6 Å². The summed E-state index contributed by atoms with van der Waals surface area (Å²) in [4.78, 5) is 21.2. The van der Waals surface area contributed by atoms with Gasteiger partial charge in [-0.3, -0.25) is 10.1 Å². The predicted molar refractivity (Wildman–Crippen MR) is 84.8 cm³/mol. The zero-order chi connectivity index (χ0) is 16.8. The fraction of sp³-hybridized carbons (Fsp3) is 0.0667. The molecule has 2 aromatic carbocycles. The first kappa shape index (κ1) is 15.8. The van der Waals surface area contributed by atoms with Gasteiger partial charge in [0.15, 0.2) is 0 Å². The Balaban J connectivity index is 2.10. The van der Waals surface area contributed by atoms with Gasteiger partial charge in [0.2, 0.25) is 0 Å². The molecule has 116 valence electrons. The Labute approximate surface area is 131 Å². The molecule has 0 aliphatic rings. The van der Waals surface area contributed by atoms with Crippen LogP contribution in [0.4, 0.5) is 21.9 Å². The molecule has 0 radical (unpaired) electrons. The number of urea groups is 1. The van der Waals surface area contributed by atoms with Crippen molar-refractivity contribution in [2.75, 3.05) is 10.6 Å². The van der Waals surface area contributed by atoms with E-state index < -0.39 is 11.0 Å². The molecule has 0 aromatic heterocycles. The third kappa shape index (κ3) is 4.18. The van der Waals surface area contributed by atoms with E-state index in [1.54, 1.807) is 24.3 Å². The number of hydrogen-bond acceptors (Lipinski definition) is 5. The number of nitrogens with one attached hydrogen (secondary N) is 2. The Morgan fingerprint density at radius 2 is 1.96 bits per heavy atom. The maximum atomic E-state index is 11.1. The van der Waals surface area contributed by atoms with Gasteiger partial charge in [-0.1, -0.05) is 12.1 Å². The molecule has 23 heavy (non-hydrogen) atoms. The van der Waals surface area contributed by atoms with Gasteiger partial charge in [-0.25, -0.2) is 4.79 Å². The second-order valence-electron chi connectivity index (χ2n) is 4.64. The van der Waals surface area contributed by atoms with E-state index >= 15 is 0 Å². The number of nitriles is 1. The number of amides is 2. The van der Waals surface area contributed by atoms with Gasteiger partial charge in [0.1, 0.15) is 5.69 Å². The first-order valence-electron chi connectivity index (χ1n) is 6.57. The van der Waals surface area contributed by atoms with Gasteiger partial charge < -0.3 is 16.4 Å². The molecule has 0 fully saturated rings. The van der Waals surface area contributed by atoms with Gasteiger partial charge in [-0.15, -0.1) is 0 Å². The number of nitro benzene ring substituents is 1. The summed E-state index contributed by atoms with van der Waals surface area (Å²) in [5.41, 5.74) is 6.83. The second-order valence-corrected chi connectivity index (χ2v) is 4.64. The largest absolute Gasteiger partial charge is 0.375 e. The summed E-state index contributed by atoms with van der Waals surface area (Å²) in [6.07, 6.45) is 0. The van der Waals surface area contributed by atoms with Gasteiger partial charge >= 0.3 is 6.03 Å². The van der Waals surface area contributed by atoms with Gasteiger partial charge in [0, 0.05) is 18.3 Å². The number of nitrogens with two attached hydrogens (primary N) is 1. The van der Waals surface area contributed by atoms with Gasteiger partial charge in [-0.05, 0) is 29.8 Å². The Kier molecular flexibility index (Phi) is 4.74. The molecule has 0 spiro atoms. The lowest BCUT2D eigenvalue weighted by Crippen LogP contribution is -2.19. The van der Waals surface area contributed by atoms with E-state index in [1.165, 1.54) is 18.2 Å². The molecule has 4 N–H and O–H groups in total. The molecule has 2 aromatic rings. The van der Waals surface area contributed by atoms with E-state index in [2.05, 4.69) is 10.6 Å². The molecule has 0 unspecified atom stereocenters. The minimum Gasteiger partial charge on any atom is -0.375 e. The van der Waals surface area contributed by atoms with Crippen molar-refractivity contribution in [3.63, 3.8) is 0 Å². The van der Waals surface area contributed by atoms with Gasteiger partial charge in [0.25, 0.3) is 5.69 Å². The number of carbonyl (C=O) groups excluding carboxylic acids is 1. The molecule has 0 aliphatic carbocycles. The predicted octanol–water partition coefficient (Wildman–Crippen LogP) is 2.57. The van der Waals surface area contributed by atoms with E-state index in [0.29, 0.717) is 17.9 Å². The summed E-state index contributed by atoms with van der Waals surface area (Å²) in [6.45, 7) is 0.351. The van der Waals surface area contributed by atoms with Crippen LogP contribution in [-0.4, -0.2) is 11.0 Å². The van der Waals surface area contributed by atoms with Gasteiger partial charge in [-0.2, -0.15) is 5.26 Å². The zero-order valence-electron chi connectivity index (χ0n) is 11.9. The van der Waals surface area contributed by atoms with Crippen molar-refractivity contribution in [3.05, 3.63) is 63.7 Å². The molecule has 0 saturated heterocycles. The number of carbonyl (C=O) groups is 1. The van der Waals surface area contributed by atoms with Crippen molar-refractivity contribution in [2.45, 2.75) is 6.54 Å². The summed E-state index contributed by atoms with van der Waals surface area (Å²) >= 11 is 0. The van der Waals surface area contributed by atoms with Crippen LogP contribution in [0.1, 0.15) is 11.1 Å². The normalized spacial score (nSPS) is 9.70. The van der Waals surface area contributed by atoms with Crippen LogP contribution >= 0.6 is 0 Å². The van der Waals surface area contributed by atoms with E-state index in [4.69, 9.17) is 11.0 Å². The van der Waals surface area contributed by atoms with Crippen molar-refractivity contribution >= 4 is 23.1 Å². The van der Waals surface area contributed by atoms with Crippen molar-refractivity contribution in [3.8, 4) is 6.07 Å². The number of nitrogens with zero attached hydrogens (tertiary/aromatic N) is 2. The molecular weight excluding hydrogens is 298 g/mol. The van der Waals surface area contributed by atoms with Crippen LogP contribution in [0.2, 0.25) is 0 Å².